The summed E-state index contributed by atoms with van der Waals surface area (Å²) in [6.07, 6.45) is -1.15. The lowest BCUT2D eigenvalue weighted by molar-refractivity contribution is -0.143. The molecule has 43 heavy (non-hydrogen) atoms. The molecule has 2 amide bonds. The number of hydrogen-bond donors (Lipinski definition) is 3. The fraction of sp³-hybridized carbons (Fsp3) is 0.500. The van der Waals surface area contributed by atoms with Crippen molar-refractivity contribution in [3.05, 3.63) is 51.7 Å². The predicted octanol–water partition coefficient (Wildman–Crippen LogP) is 6.42. The largest absolute Gasteiger partial charge is 0.496 e. The van der Waals surface area contributed by atoms with E-state index in [-0.39, 0.29) is 39.1 Å². The number of rotatable bonds is 8. The molecule has 5 rings (SSSR count). The number of nitrogens with one attached hydrogen (secondary N) is 2. The Kier molecular flexibility index (Phi) is 8.92. The molecule has 2 aromatic carbocycles. The van der Waals surface area contributed by atoms with Crippen LogP contribution in [-0.2, 0) is 15.8 Å². The lowest BCUT2D eigenvalue weighted by Crippen LogP contribution is -2.48. The van der Waals surface area contributed by atoms with Gasteiger partial charge in [0.25, 0.3) is 5.91 Å². The Morgan fingerprint density at radius 3 is 2.33 bits per heavy atom. The molecule has 4 atom stereocenters. The molecule has 0 saturated heterocycles. The molecule has 0 heterocycles. The van der Waals surface area contributed by atoms with Gasteiger partial charge < -0.3 is 25.2 Å². The zero-order valence-electron chi connectivity index (χ0n) is 23.2. The number of hydrogen-bond acceptors (Lipinski definition) is 5. The van der Waals surface area contributed by atoms with E-state index in [2.05, 4.69) is 26.6 Å². The van der Waals surface area contributed by atoms with Crippen LogP contribution < -0.4 is 20.1 Å². The predicted molar refractivity (Wildman–Crippen MR) is 150 cm³/mol. The van der Waals surface area contributed by atoms with Gasteiger partial charge in [-0.2, -0.15) is 13.2 Å². The summed E-state index contributed by atoms with van der Waals surface area (Å²) in [5.74, 6) is -4.10. The molecule has 0 aromatic heterocycles. The molecule has 2 bridgehead atoms. The SMILES string of the molecule is COc1cc(F)c(OC2CCC(C(=O)O)CC2)cc1C(=O)NC1C2CCC(C2)C1C(=O)Nc1ccc(Br)c(C(F)(F)F)c1. The number of benzene rings is 2. The van der Waals surface area contributed by atoms with Gasteiger partial charge in [-0.1, -0.05) is 15.9 Å². The minimum atomic E-state index is -4.61. The van der Waals surface area contributed by atoms with Crippen molar-refractivity contribution >= 4 is 39.4 Å². The summed E-state index contributed by atoms with van der Waals surface area (Å²) in [7, 11) is 1.29. The monoisotopic (exact) mass is 670 g/mol. The van der Waals surface area contributed by atoms with E-state index in [1.165, 1.54) is 25.3 Å². The molecular weight excluding hydrogens is 640 g/mol. The van der Waals surface area contributed by atoms with Crippen molar-refractivity contribution in [1.29, 1.82) is 0 Å². The third-order valence-electron chi connectivity index (χ3n) is 8.87. The van der Waals surface area contributed by atoms with Crippen molar-refractivity contribution < 1.29 is 46.5 Å². The van der Waals surface area contributed by atoms with Crippen LogP contribution in [0.1, 0.15) is 60.9 Å². The number of carboxylic acid groups (broad SMARTS) is 1. The van der Waals surface area contributed by atoms with E-state index in [9.17, 15) is 37.1 Å². The van der Waals surface area contributed by atoms with Crippen molar-refractivity contribution in [2.45, 2.75) is 63.3 Å². The number of ether oxygens (including phenoxy) is 2. The number of carbonyl (C=O) groups excluding carboxylic acids is 2. The Hall–Kier alpha value is -3.35. The molecule has 0 aliphatic heterocycles. The van der Waals surface area contributed by atoms with Gasteiger partial charge in [0.1, 0.15) is 5.75 Å². The molecule has 0 radical (unpaired) electrons. The Morgan fingerprint density at radius 1 is 0.977 bits per heavy atom. The van der Waals surface area contributed by atoms with Gasteiger partial charge in [0.15, 0.2) is 11.6 Å². The van der Waals surface area contributed by atoms with E-state index in [1.807, 2.05) is 0 Å². The minimum absolute atomic E-state index is 0.00258. The first-order chi connectivity index (χ1) is 20.3. The number of methoxy groups -OCH3 is 1. The molecule has 3 aliphatic carbocycles. The minimum Gasteiger partial charge on any atom is -0.496 e. The normalized spacial score (nSPS) is 26.6. The van der Waals surface area contributed by atoms with Crippen LogP contribution in [0.15, 0.2) is 34.8 Å². The van der Waals surface area contributed by atoms with Crippen LogP contribution in [0.3, 0.4) is 0 Å². The first-order valence-corrected chi connectivity index (χ1v) is 14.9. The van der Waals surface area contributed by atoms with E-state index in [1.54, 1.807) is 0 Å². The highest BCUT2D eigenvalue weighted by atomic mass is 79.9. The van der Waals surface area contributed by atoms with Gasteiger partial charge in [0.2, 0.25) is 5.91 Å². The van der Waals surface area contributed by atoms with Crippen LogP contribution in [0.5, 0.6) is 11.5 Å². The standard InChI is InChI=1S/C30H31BrF4N2O6/c1-42-23-13-22(32)24(43-18-7-4-14(5-8-18)29(40)41)12-19(23)27(38)37-26-16-3-2-15(10-16)25(26)28(39)36-17-6-9-21(31)20(11-17)30(33,34)35/h6,9,11-16,18,25-26H,2-5,7-8,10H2,1H3,(H,36,39)(H,37,38)(H,40,41). The van der Waals surface area contributed by atoms with Crippen molar-refractivity contribution in [2.24, 2.45) is 23.7 Å². The molecule has 8 nitrogen and oxygen atoms in total. The van der Waals surface area contributed by atoms with Crippen LogP contribution in [0.25, 0.3) is 0 Å². The first kappa shape index (κ1) is 31.1. The Morgan fingerprint density at radius 2 is 1.67 bits per heavy atom. The zero-order chi connectivity index (χ0) is 31.1. The fourth-order valence-electron chi connectivity index (χ4n) is 6.73. The van der Waals surface area contributed by atoms with Crippen molar-refractivity contribution in [1.82, 2.24) is 5.32 Å². The average Bonchev–Trinajstić information content (AvgIpc) is 3.56. The number of anilines is 1. The van der Waals surface area contributed by atoms with Gasteiger partial charge in [0.05, 0.1) is 36.2 Å². The third-order valence-corrected chi connectivity index (χ3v) is 9.56. The van der Waals surface area contributed by atoms with Crippen LogP contribution in [0, 0.1) is 29.5 Å². The summed E-state index contributed by atoms with van der Waals surface area (Å²) >= 11 is 2.90. The van der Waals surface area contributed by atoms with Gasteiger partial charge in [0, 0.05) is 22.3 Å². The van der Waals surface area contributed by atoms with Gasteiger partial charge in [-0.3, -0.25) is 14.4 Å². The molecule has 0 spiro atoms. The summed E-state index contributed by atoms with van der Waals surface area (Å²) in [5, 5.41) is 14.7. The molecule has 4 unspecified atom stereocenters. The Labute approximate surface area is 253 Å². The summed E-state index contributed by atoms with van der Waals surface area (Å²) in [5.41, 5.74) is -0.921. The lowest BCUT2D eigenvalue weighted by Gasteiger charge is -2.31. The molecule has 3 fully saturated rings. The number of carboxylic acids is 1. The number of halogens is 5. The second-order valence-corrected chi connectivity index (χ2v) is 12.3. The number of carbonyl (C=O) groups is 3. The summed E-state index contributed by atoms with van der Waals surface area (Å²) in [4.78, 5) is 38.2. The van der Waals surface area contributed by atoms with Gasteiger partial charge in [-0.15, -0.1) is 0 Å². The summed E-state index contributed by atoms with van der Waals surface area (Å²) in [6, 6.07) is 5.16. The zero-order valence-corrected chi connectivity index (χ0v) is 24.8. The van der Waals surface area contributed by atoms with E-state index >= 15 is 0 Å². The highest BCUT2D eigenvalue weighted by Gasteiger charge is 2.51. The van der Waals surface area contributed by atoms with Gasteiger partial charge in [-0.25, -0.2) is 4.39 Å². The second-order valence-electron chi connectivity index (χ2n) is 11.5. The smallest absolute Gasteiger partial charge is 0.417 e. The molecular formula is C30H31BrF4N2O6. The number of fused-ring (bicyclic) bond motifs is 2. The second kappa shape index (κ2) is 12.3. The average molecular weight is 671 g/mol. The Bertz CT molecular complexity index is 1410. The van der Waals surface area contributed by atoms with Crippen LogP contribution in [0.2, 0.25) is 0 Å². The summed E-state index contributed by atoms with van der Waals surface area (Å²) in [6.45, 7) is 0. The molecule has 2 aromatic rings. The van der Waals surface area contributed by atoms with E-state index < -0.39 is 59.3 Å². The van der Waals surface area contributed by atoms with E-state index in [0.29, 0.717) is 32.1 Å². The van der Waals surface area contributed by atoms with Crippen molar-refractivity contribution in [3.63, 3.8) is 0 Å². The third kappa shape index (κ3) is 6.61. The molecule has 3 N–H and O–H groups in total. The maximum absolute atomic E-state index is 14.9. The van der Waals surface area contributed by atoms with Crippen molar-refractivity contribution in [3.8, 4) is 11.5 Å². The highest BCUT2D eigenvalue weighted by molar-refractivity contribution is 9.10. The van der Waals surface area contributed by atoms with E-state index in [4.69, 9.17) is 9.47 Å². The quantitative estimate of drug-likeness (QED) is 0.279. The van der Waals surface area contributed by atoms with Crippen LogP contribution in [-0.4, -0.2) is 42.1 Å². The lowest BCUT2D eigenvalue weighted by atomic mass is 9.83. The van der Waals surface area contributed by atoms with Gasteiger partial charge in [-0.05, 0) is 81.0 Å². The molecule has 13 heteroatoms. The molecule has 3 saturated carbocycles. The fourth-order valence-corrected chi connectivity index (χ4v) is 7.20. The number of alkyl halides is 3. The highest BCUT2D eigenvalue weighted by Crippen LogP contribution is 2.49. The maximum Gasteiger partial charge on any atom is 0.417 e. The molecule has 232 valence electrons. The topological polar surface area (TPSA) is 114 Å². The number of aliphatic carboxylic acids is 1. The van der Waals surface area contributed by atoms with Crippen LogP contribution >= 0.6 is 15.9 Å². The number of amides is 2. The summed E-state index contributed by atoms with van der Waals surface area (Å²) < 4.78 is 66.1. The Balaban J connectivity index is 1.32. The van der Waals surface area contributed by atoms with Crippen LogP contribution in [0.4, 0.5) is 23.2 Å². The van der Waals surface area contributed by atoms with Crippen molar-refractivity contribution in [2.75, 3.05) is 12.4 Å². The maximum atomic E-state index is 14.9. The van der Waals surface area contributed by atoms with E-state index in [0.717, 1.165) is 25.0 Å². The first-order valence-electron chi connectivity index (χ1n) is 14.1. The molecule has 3 aliphatic rings. The van der Waals surface area contributed by atoms with Gasteiger partial charge >= 0.3 is 12.1 Å².